The maximum atomic E-state index is 5.91. The summed E-state index contributed by atoms with van der Waals surface area (Å²) in [6.07, 6.45) is 8.53. The van der Waals surface area contributed by atoms with E-state index in [1.807, 2.05) is 13.0 Å². The summed E-state index contributed by atoms with van der Waals surface area (Å²) < 4.78 is 7.51. The van der Waals surface area contributed by atoms with E-state index in [1.165, 1.54) is 32.4 Å². The lowest BCUT2D eigenvalue weighted by atomic mass is 9.91. The van der Waals surface area contributed by atoms with Crippen LogP contribution in [-0.4, -0.2) is 44.9 Å². The first kappa shape index (κ1) is 15.5. The summed E-state index contributed by atoms with van der Waals surface area (Å²) in [5.74, 6) is 3.44. The first-order chi connectivity index (χ1) is 11.8. The van der Waals surface area contributed by atoms with E-state index in [1.54, 1.807) is 17.2 Å². The largest absolute Gasteiger partial charge is 0.477 e. The molecule has 0 unspecified atom stereocenters. The highest BCUT2D eigenvalue weighted by molar-refractivity contribution is 5.36. The number of aryl methyl sites for hydroxylation is 1. The molecule has 0 amide bonds. The minimum absolute atomic E-state index is 0.714. The molecule has 128 valence electrons. The van der Waals surface area contributed by atoms with Crippen molar-refractivity contribution in [3.05, 3.63) is 24.2 Å². The summed E-state index contributed by atoms with van der Waals surface area (Å²) in [5, 5.41) is 14.6. The predicted octanol–water partition coefficient (Wildman–Crippen LogP) is 1.77. The van der Waals surface area contributed by atoms with Crippen molar-refractivity contribution in [1.82, 2.24) is 30.5 Å². The molecule has 0 aromatic carbocycles. The van der Waals surface area contributed by atoms with E-state index < -0.39 is 0 Å². The summed E-state index contributed by atoms with van der Waals surface area (Å²) in [5.41, 5.74) is 1.85. The van der Waals surface area contributed by atoms with E-state index in [9.17, 15) is 0 Å². The Labute approximate surface area is 141 Å². The number of pyridine rings is 1. The van der Waals surface area contributed by atoms with Gasteiger partial charge in [-0.25, -0.2) is 4.98 Å². The Morgan fingerprint density at radius 2 is 2.21 bits per heavy atom. The number of ether oxygens (including phenoxy) is 1. The fourth-order valence-electron chi connectivity index (χ4n) is 3.86. The Balaban J connectivity index is 1.26. The topological polar surface area (TPSA) is 77.8 Å². The van der Waals surface area contributed by atoms with Gasteiger partial charge in [0.05, 0.1) is 18.5 Å². The molecule has 2 aromatic heterocycles. The van der Waals surface area contributed by atoms with Gasteiger partial charge in [-0.3, -0.25) is 0 Å². The van der Waals surface area contributed by atoms with Gasteiger partial charge in [-0.2, -0.15) is 4.68 Å². The third-order valence-corrected chi connectivity index (χ3v) is 5.32. The SMILES string of the molecule is Cc1cc(-n2cnnn2)cnc1OCC[C@H]1C[C@H]1C1CCNCC1. The average molecular weight is 328 g/mol. The Morgan fingerprint density at radius 1 is 1.33 bits per heavy atom. The molecule has 24 heavy (non-hydrogen) atoms. The molecule has 0 radical (unpaired) electrons. The van der Waals surface area contributed by atoms with Gasteiger partial charge >= 0.3 is 0 Å². The fourth-order valence-corrected chi connectivity index (χ4v) is 3.86. The molecule has 2 aromatic rings. The molecule has 1 aliphatic carbocycles. The number of piperidine rings is 1. The van der Waals surface area contributed by atoms with Gasteiger partial charge in [0.15, 0.2) is 0 Å². The van der Waals surface area contributed by atoms with E-state index in [0.29, 0.717) is 5.88 Å². The van der Waals surface area contributed by atoms with Crippen molar-refractivity contribution in [2.24, 2.45) is 17.8 Å². The van der Waals surface area contributed by atoms with E-state index in [4.69, 9.17) is 4.74 Å². The summed E-state index contributed by atoms with van der Waals surface area (Å²) in [6, 6.07) is 1.99. The van der Waals surface area contributed by atoms with Crippen LogP contribution < -0.4 is 10.1 Å². The maximum absolute atomic E-state index is 5.91. The lowest BCUT2D eigenvalue weighted by Crippen LogP contribution is -2.29. The zero-order valence-electron chi connectivity index (χ0n) is 14.1. The van der Waals surface area contributed by atoms with Crippen molar-refractivity contribution >= 4 is 0 Å². The van der Waals surface area contributed by atoms with Crippen LogP contribution in [-0.2, 0) is 0 Å². The van der Waals surface area contributed by atoms with Crippen LogP contribution in [0.15, 0.2) is 18.6 Å². The first-order valence-corrected chi connectivity index (χ1v) is 8.85. The van der Waals surface area contributed by atoms with Crippen molar-refractivity contribution in [2.75, 3.05) is 19.7 Å². The number of hydrogen-bond acceptors (Lipinski definition) is 6. The summed E-state index contributed by atoms with van der Waals surface area (Å²) in [6.45, 7) is 5.15. The Bertz CT molecular complexity index is 668. The average Bonchev–Trinajstić information content (AvgIpc) is 3.17. The van der Waals surface area contributed by atoms with Gasteiger partial charge in [0.2, 0.25) is 5.88 Å². The number of hydrogen-bond donors (Lipinski definition) is 1. The Morgan fingerprint density at radius 3 is 2.96 bits per heavy atom. The minimum Gasteiger partial charge on any atom is -0.477 e. The van der Waals surface area contributed by atoms with Crippen molar-refractivity contribution in [3.8, 4) is 11.6 Å². The summed E-state index contributed by atoms with van der Waals surface area (Å²) in [4.78, 5) is 4.41. The molecule has 2 aliphatic rings. The van der Waals surface area contributed by atoms with Crippen LogP contribution >= 0.6 is 0 Å². The number of aromatic nitrogens is 5. The quantitative estimate of drug-likeness (QED) is 0.871. The van der Waals surface area contributed by atoms with Crippen molar-refractivity contribution < 1.29 is 4.74 Å². The first-order valence-electron chi connectivity index (χ1n) is 8.85. The summed E-state index contributed by atoms with van der Waals surface area (Å²) >= 11 is 0. The van der Waals surface area contributed by atoms with Crippen LogP contribution in [0.1, 0.15) is 31.2 Å². The molecule has 7 heteroatoms. The van der Waals surface area contributed by atoms with Gasteiger partial charge in [0, 0.05) is 5.56 Å². The van der Waals surface area contributed by atoms with E-state index in [-0.39, 0.29) is 0 Å². The molecule has 1 N–H and O–H groups in total. The van der Waals surface area contributed by atoms with E-state index >= 15 is 0 Å². The number of tetrazole rings is 1. The van der Waals surface area contributed by atoms with Gasteiger partial charge in [0.1, 0.15) is 6.33 Å². The molecule has 1 saturated carbocycles. The number of nitrogens with one attached hydrogen (secondary N) is 1. The molecule has 1 aliphatic heterocycles. The zero-order valence-corrected chi connectivity index (χ0v) is 14.1. The molecular formula is C17H24N6O. The third kappa shape index (κ3) is 3.40. The van der Waals surface area contributed by atoms with Crippen LogP contribution in [0, 0.1) is 24.7 Å². The normalized spacial score (nSPS) is 24.0. The highest BCUT2D eigenvalue weighted by atomic mass is 16.5. The van der Waals surface area contributed by atoms with E-state index in [2.05, 4.69) is 25.8 Å². The van der Waals surface area contributed by atoms with Crippen LogP contribution in [0.3, 0.4) is 0 Å². The number of nitrogens with zero attached hydrogens (tertiary/aromatic N) is 5. The third-order valence-electron chi connectivity index (χ3n) is 5.32. The molecule has 2 fully saturated rings. The van der Waals surface area contributed by atoms with Crippen molar-refractivity contribution in [2.45, 2.75) is 32.6 Å². The number of rotatable bonds is 6. The standard InChI is InChI=1S/C17H24N6O/c1-12-8-15(23-11-20-21-22-23)10-19-17(12)24-7-4-14-9-16(14)13-2-5-18-6-3-13/h8,10-11,13-14,16,18H,2-7,9H2,1H3/t14-,16-/m0/s1. The van der Waals surface area contributed by atoms with Gasteiger partial charge in [-0.05, 0) is 79.9 Å². The second kappa shape index (κ2) is 6.84. The molecule has 3 heterocycles. The molecule has 4 rings (SSSR count). The molecule has 0 spiro atoms. The van der Waals surface area contributed by atoms with Crippen LogP contribution in [0.25, 0.3) is 5.69 Å². The Hall–Kier alpha value is -2.02. The van der Waals surface area contributed by atoms with Crippen LogP contribution in [0.2, 0.25) is 0 Å². The van der Waals surface area contributed by atoms with Crippen molar-refractivity contribution in [1.29, 1.82) is 0 Å². The molecular weight excluding hydrogens is 304 g/mol. The van der Waals surface area contributed by atoms with Gasteiger partial charge in [-0.1, -0.05) is 0 Å². The molecule has 1 saturated heterocycles. The van der Waals surface area contributed by atoms with E-state index in [0.717, 1.165) is 42.0 Å². The smallest absolute Gasteiger partial charge is 0.216 e. The van der Waals surface area contributed by atoms with Crippen LogP contribution in [0.5, 0.6) is 5.88 Å². The van der Waals surface area contributed by atoms with Gasteiger partial charge in [-0.15, -0.1) is 5.10 Å². The molecule has 7 nitrogen and oxygen atoms in total. The lowest BCUT2D eigenvalue weighted by molar-refractivity contribution is 0.271. The minimum atomic E-state index is 0.714. The molecule has 2 atom stereocenters. The lowest BCUT2D eigenvalue weighted by Gasteiger charge is -2.22. The van der Waals surface area contributed by atoms with Gasteiger partial charge in [0.25, 0.3) is 0 Å². The van der Waals surface area contributed by atoms with Crippen LogP contribution in [0.4, 0.5) is 0 Å². The predicted molar refractivity (Wildman–Crippen MR) is 89.0 cm³/mol. The zero-order chi connectivity index (χ0) is 16.4. The fraction of sp³-hybridized carbons (Fsp3) is 0.647. The second-order valence-electron chi connectivity index (χ2n) is 6.95. The summed E-state index contributed by atoms with van der Waals surface area (Å²) in [7, 11) is 0. The van der Waals surface area contributed by atoms with Gasteiger partial charge < -0.3 is 10.1 Å². The highest BCUT2D eigenvalue weighted by Crippen LogP contribution is 2.49. The monoisotopic (exact) mass is 328 g/mol. The second-order valence-corrected chi connectivity index (χ2v) is 6.95. The Kier molecular flexibility index (Phi) is 4.42. The molecule has 0 bridgehead atoms. The maximum Gasteiger partial charge on any atom is 0.216 e. The van der Waals surface area contributed by atoms with Crippen molar-refractivity contribution in [3.63, 3.8) is 0 Å². The highest BCUT2D eigenvalue weighted by Gasteiger charge is 2.42.